The number of aryl methyl sites for hydroxylation is 2. The molecule has 0 aromatic heterocycles. The Kier molecular flexibility index (Phi) is 10.7. The number of aliphatic hydroxyl groups excluding tert-OH is 1. The number of nitrogens with zero attached hydrogens (tertiary/aromatic N) is 1. The molecule has 0 spiro atoms. The zero-order valence-corrected chi connectivity index (χ0v) is 28.5. The Bertz CT molecular complexity index is 2080. The van der Waals surface area contributed by atoms with Crippen LogP contribution in [-0.2, 0) is 21.0 Å². The number of carboxylic acids is 1. The molecule has 0 unspecified atom stereocenters. The molecule has 0 aliphatic rings. The van der Waals surface area contributed by atoms with E-state index in [1.807, 2.05) is 0 Å². The van der Waals surface area contributed by atoms with Crippen molar-refractivity contribution in [2.24, 2.45) is 4.99 Å². The lowest BCUT2D eigenvalue weighted by molar-refractivity contribution is -0.137. The Morgan fingerprint density at radius 3 is 1.68 bits per heavy atom. The predicted molar refractivity (Wildman–Crippen MR) is 187 cm³/mol. The van der Waals surface area contributed by atoms with Gasteiger partial charge in [-0.2, -0.15) is 0 Å². The molecule has 10 N–H and O–H groups in total. The lowest BCUT2D eigenvalue weighted by atomic mass is 9.83. The van der Waals surface area contributed by atoms with E-state index in [1.54, 1.807) is 53.7 Å². The van der Waals surface area contributed by atoms with Crippen molar-refractivity contribution in [3.05, 3.63) is 45.5 Å². The average molecular weight is 692 g/mol. The van der Waals surface area contributed by atoms with Gasteiger partial charge in [0, 0.05) is 50.4 Å². The van der Waals surface area contributed by atoms with Gasteiger partial charge >= 0.3 is 5.97 Å². The second-order valence-corrected chi connectivity index (χ2v) is 12.7. The van der Waals surface area contributed by atoms with Gasteiger partial charge in [-0.25, -0.2) is 0 Å². The number of nitrogens with one attached hydrogen (secondary N) is 2. The fraction of sp³-hybridized carbons (Fsp3) is 0.333. The zero-order valence-electron chi connectivity index (χ0n) is 28.5. The highest BCUT2D eigenvalue weighted by atomic mass is 16.4. The summed E-state index contributed by atoms with van der Waals surface area (Å²) in [6.07, 6.45) is 1.08. The molecule has 50 heavy (non-hydrogen) atoms. The Labute approximate surface area is 287 Å². The fourth-order valence-corrected chi connectivity index (χ4v) is 6.39. The first-order valence-electron chi connectivity index (χ1n) is 15.8. The first-order chi connectivity index (χ1) is 23.4. The topological polar surface area (TPSA) is 249 Å². The van der Waals surface area contributed by atoms with Crippen molar-refractivity contribution in [1.82, 2.24) is 10.6 Å². The molecular formula is C36H41N3O11. The van der Waals surface area contributed by atoms with E-state index >= 15 is 0 Å². The van der Waals surface area contributed by atoms with Gasteiger partial charge in [0.05, 0.1) is 13.2 Å². The molecule has 0 saturated heterocycles. The van der Waals surface area contributed by atoms with Crippen LogP contribution in [0.25, 0.3) is 32.7 Å². The highest BCUT2D eigenvalue weighted by molar-refractivity contribution is 6.13. The Morgan fingerprint density at radius 1 is 0.700 bits per heavy atom. The molecule has 0 heterocycles. The van der Waals surface area contributed by atoms with Gasteiger partial charge in [-0.1, -0.05) is 39.8 Å². The summed E-state index contributed by atoms with van der Waals surface area (Å²) < 4.78 is 0. The normalized spacial score (nSPS) is 11.7. The number of phenols is 6. The fourth-order valence-electron chi connectivity index (χ4n) is 6.39. The molecular weight excluding hydrogens is 650 g/mol. The van der Waals surface area contributed by atoms with E-state index < -0.39 is 72.8 Å². The van der Waals surface area contributed by atoms with Gasteiger partial charge in [-0.15, -0.1) is 0 Å². The van der Waals surface area contributed by atoms with E-state index in [0.29, 0.717) is 33.0 Å². The summed E-state index contributed by atoms with van der Waals surface area (Å²) in [5.74, 6) is -6.23. The average Bonchev–Trinajstić information content (AvgIpc) is 3.03. The van der Waals surface area contributed by atoms with Crippen LogP contribution in [0.3, 0.4) is 0 Å². The number of benzene rings is 4. The van der Waals surface area contributed by atoms with Crippen LogP contribution in [0.15, 0.2) is 17.1 Å². The number of amides is 2. The third-order valence-electron chi connectivity index (χ3n) is 8.55. The van der Waals surface area contributed by atoms with Gasteiger partial charge in [0.15, 0.2) is 23.0 Å². The third-order valence-corrected chi connectivity index (χ3v) is 8.55. The van der Waals surface area contributed by atoms with Crippen molar-refractivity contribution in [2.45, 2.75) is 60.0 Å². The van der Waals surface area contributed by atoms with E-state index in [9.17, 15) is 50.1 Å². The minimum absolute atomic E-state index is 0.0412. The van der Waals surface area contributed by atoms with Gasteiger partial charge < -0.3 is 51.5 Å². The Balaban J connectivity index is 1.96. The summed E-state index contributed by atoms with van der Waals surface area (Å²) >= 11 is 0. The Morgan fingerprint density at radius 2 is 1.18 bits per heavy atom. The molecule has 14 nitrogen and oxygen atoms in total. The number of carboxylic acid groups (broad SMARTS) is 1. The van der Waals surface area contributed by atoms with Gasteiger partial charge in [0.1, 0.15) is 24.6 Å². The number of fused-ring (bicyclic) bond motifs is 2. The van der Waals surface area contributed by atoms with E-state index in [2.05, 4.69) is 15.6 Å². The third kappa shape index (κ3) is 6.61. The lowest BCUT2D eigenvalue weighted by Gasteiger charge is -2.23. The maximum absolute atomic E-state index is 12.4. The minimum atomic E-state index is -1.25. The predicted octanol–water partition coefficient (Wildman–Crippen LogP) is 3.99. The van der Waals surface area contributed by atoms with E-state index in [-0.39, 0.29) is 50.6 Å². The van der Waals surface area contributed by atoms with Crippen LogP contribution in [0.1, 0.15) is 72.9 Å². The second kappa shape index (κ2) is 14.4. The SMILES string of the molecule is Cc1cc2c(C(C)C)c(O)c(O)c(C=NCC(=O)NCC(=O)NCC(=O)O)c2c(O)c1-c1c(C)cc2c(C(C)C)c(O)c(O)c(CO)c2c1O. The van der Waals surface area contributed by atoms with Gasteiger partial charge in [0.25, 0.3) is 0 Å². The standard InChI is InChI=1S/C36H41N3O11/c1-14(2)25-18-7-16(5)27(28-17(6)8-19-26(15(3)4)36(50)32(46)21(13-40)30(19)34(28)48)33(47)29(18)20(31(45)35(25)49)9-37-10-22(41)38-11-23(42)39-12-24(43)44/h7-9,14-15,40,45-50H,10-13H2,1-6H3,(H,38,41)(H,39,42)(H,43,44). The van der Waals surface area contributed by atoms with E-state index in [4.69, 9.17) is 5.11 Å². The largest absolute Gasteiger partial charge is 0.507 e. The molecule has 0 aliphatic carbocycles. The molecule has 2 amide bonds. The second-order valence-electron chi connectivity index (χ2n) is 12.7. The summed E-state index contributed by atoms with van der Waals surface area (Å²) in [7, 11) is 0. The number of aliphatic hydroxyl groups is 1. The van der Waals surface area contributed by atoms with Crippen molar-refractivity contribution in [3.8, 4) is 45.6 Å². The van der Waals surface area contributed by atoms with Crippen LogP contribution in [0.4, 0.5) is 0 Å². The molecule has 0 bridgehead atoms. The zero-order chi connectivity index (χ0) is 37.4. The quantitative estimate of drug-likeness (QED) is 0.0795. The van der Waals surface area contributed by atoms with Crippen LogP contribution in [0, 0.1) is 13.8 Å². The van der Waals surface area contributed by atoms with Gasteiger partial charge in [-0.05, 0) is 47.6 Å². The highest BCUT2D eigenvalue weighted by Gasteiger charge is 2.29. The molecule has 0 saturated carbocycles. The molecule has 4 aromatic carbocycles. The smallest absolute Gasteiger partial charge is 0.322 e. The summed E-state index contributed by atoms with van der Waals surface area (Å²) in [6.45, 7) is 8.12. The van der Waals surface area contributed by atoms with Crippen molar-refractivity contribution in [2.75, 3.05) is 19.6 Å². The maximum atomic E-state index is 12.4. The summed E-state index contributed by atoms with van der Waals surface area (Å²) in [5.41, 5.74) is 1.61. The summed E-state index contributed by atoms with van der Waals surface area (Å²) in [5, 5.41) is 92.0. The molecule has 0 fully saturated rings. The number of hydrogen-bond acceptors (Lipinski definition) is 11. The van der Waals surface area contributed by atoms with Crippen molar-refractivity contribution in [1.29, 1.82) is 0 Å². The molecule has 0 aliphatic heterocycles. The monoisotopic (exact) mass is 691 g/mol. The number of hydrogen-bond donors (Lipinski definition) is 10. The van der Waals surface area contributed by atoms with Crippen LogP contribution in [-0.4, -0.2) is 84.5 Å². The Hall–Kier alpha value is -5.76. The number of aromatic hydroxyl groups is 6. The molecule has 0 radical (unpaired) electrons. The van der Waals surface area contributed by atoms with E-state index in [1.165, 1.54) is 0 Å². The van der Waals surface area contributed by atoms with E-state index in [0.717, 1.165) is 6.21 Å². The van der Waals surface area contributed by atoms with Crippen molar-refractivity contribution < 1.29 is 55.2 Å². The number of rotatable bonds is 11. The maximum Gasteiger partial charge on any atom is 0.322 e. The van der Waals surface area contributed by atoms with Crippen molar-refractivity contribution >= 4 is 45.5 Å². The number of carbonyl (C=O) groups is 3. The lowest BCUT2D eigenvalue weighted by Crippen LogP contribution is -2.39. The van der Waals surface area contributed by atoms with Crippen LogP contribution in [0.2, 0.25) is 0 Å². The molecule has 4 rings (SSSR count). The van der Waals surface area contributed by atoms with Crippen LogP contribution >= 0.6 is 0 Å². The van der Waals surface area contributed by atoms with Gasteiger partial charge in [0.2, 0.25) is 11.8 Å². The van der Waals surface area contributed by atoms with Crippen LogP contribution < -0.4 is 10.6 Å². The minimum Gasteiger partial charge on any atom is -0.507 e. The molecule has 4 aromatic rings. The number of aliphatic carboxylic acids is 1. The molecule has 0 atom stereocenters. The summed E-state index contributed by atoms with van der Waals surface area (Å²) in [4.78, 5) is 38.8. The number of aliphatic imine (C=N–C) groups is 1. The number of phenolic OH excluding ortho intramolecular Hbond substituents is 5. The van der Waals surface area contributed by atoms with Crippen molar-refractivity contribution in [3.63, 3.8) is 0 Å². The number of carbonyl (C=O) groups excluding carboxylic acids is 2. The first kappa shape index (κ1) is 37.1. The van der Waals surface area contributed by atoms with Gasteiger partial charge in [-0.3, -0.25) is 19.4 Å². The molecule has 266 valence electrons. The summed E-state index contributed by atoms with van der Waals surface area (Å²) in [6, 6.07) is 3.35. The van der Waals surface area contributed by atoms with Crippen LogP contribution in [0.5, 0.6) is 34.5 Å². The first-order valence-corrected chi connectivity index (χ1v) is 15.8. The highest BCUT2D eigenvalue weighted by Crippen LogP contribution is 2.54. The molecule has 14 heteroatoms.